The van der Waals surface area contributed by atoms with Crippen molar-refractivity contribution in [1.29, 1.82) is 0 Å². The van der Waals surface area contributed by atoms with Crippen LogP contribution >= 0.6 is 0 Å². The molecular weight excluding hydrogens is 256 g/mol. The number of carbonyl (C=O) groups excluding carboxylic acids is 1. The summed E-state index contributed by atoms with van der Waals surface area (Å²) in [7, 11) is 0. The minimum absolute atomic E-state index is 0.193. The van der Waals surface area contributed by atoms with Crippen molar-refractivity contribution in [2.75, 3.05) is 12.1 Å². The van der Waals surface area contributed by atoms with Gasteiger partial charge in [0.05, 0.1) is 0 Å². The molecule has 3 N–H and O–H groups in total. The van der Waals surface area contributed by atoms with Crippen molar-refractivity contribution in [3.05, 3.63) is 53.6 Å². The molecule has 5 heteroatoms. The van der Waals surface area contributed by atoms with Gasteiger partial charge in [-0.15, -0.1) is 0 Å². The molecule has 0 fully saturated rings. The molecule has 0 atom stereocenters. The number of nitrogens with two attached hydrogens (primary N) is 1. The average Bonchev–Trinajstić information content (AvgIpc) is 2.94. The number of ether oxygens (including phenoxy) is 2. The van der Waals surface area contributed by atoms with Gasteiger partial charge in [0.1, 0.15) is 0 Å². The van der Waals surface area contributed by atoms with Crippen molar-refractivity contribution in [3.8, 4) is 11.5 Å². The van der Waals surface area contributed by atoms with Gasteiger partial charge in [-0.2, -0.15) is 0 Å². The van der Waals surface area contributed by atoms with Gasteiger partial charge in [0.2, 0.25) is 6.79 Å². The van der Waals surface area contributed by atoms with Crippen LogP contribution in [0.2, 0.25) is 0 Å². The smallest absolute Gasteiger partial charge is 0.255 e. The monoisotopic (exact) mass is 270 g/mol. The maximum atomic E-state index is 12.2. The van der Waals surface area contributed by atoms with E-state index in [1.165, 1.54) is 0 Å². The highest BCUT2D eigenvalue weighted by Crippen LogP contribution is 2.32. The zero-order chi connectivity index (χ0) is 13.9. The molecule has 0 aromatic heterocycles. The van der Waals surface area contributed by atoms with Gasteiger partial charge in [0, 0.05) is 17.8 Å². The molecule has 2 aromatic rings. The highest BCUT2D eigenvalue weighted by Gasteiger charge is 2.16. The van der Waals surface area contributed by atoms with Crippen LogP contribution in [0.5, 0.6) is 11.5 Å². The Balaban J connectivity index is 1.79. The van der Waals surface area contributed by atoms with E-state index in [1.54, 1.807) is 18.2 Å². The number of carbonyl (C=O) groups is 1. The van der Waals surface area contributed by atoms with Crippen molar-refractivity contribution in [3.63, 3.8) is 0 Å². The molecule has 0 saturated heterocycles. The fourth-order valence-corrected chi connectivity index (χ4v) is 2.02. The third kappa shape index (κ3) is 2.44. The first-order chi connectivity index (χ1) is 9.76. The van der Waals surface area contributed by atoms with Gasteiger partial charge < -0.3 is 20.5 Å². The molecular formula is C15H14N2O3. The summed E-state index contributed by atoms with van der Waals surface area (Å²) in [5, 5.41) is 2.83. The van der Waals surface area contributed by atoms with Crippen LogP contribution in [0.3, 0.4) is 0 Å². The van der Waals surface area contributed by atoms with Crippen molar-refractivity contribution >= 4 is 11.6 Å². The first-order valence-corrected chi connectivity index (χ1v) is 6.26. The molecule has 20 heavy (non-hydrogen) atoms. The lowest BCUT2D eigenvalue weighted by Crippen LogP contribution is -2.12. The number of hydrogen-bond donors (Lipinski definition) is 2. The highest BCUT2D eigenvalue weighted by molar-refractivity contribution is 6.04. The summed E-state index contributed by atoms with van der Waals surface area (Å²) >= 11 is 0. The molecule has 5 nitrogen and oxygen atoms in total. The molecule has 0 radical (unpaired) electrons. The van der Waals surface area contributed by atoms with Crippen molar-refractivity contribution in [2.24, 2.45) is 5.73 Å². The van der Waals surface area contributed by atoms with Crippen LogP contribution in [0.1, 0.15) is 15.9 Å². The van der Waals surface area contributed by atoms with Crippen molar-refractivity contribution in [1.82, 2.24) is 0 Å². The molecule has 102 valence electrons. The van der Waals surface area contributed by atoms with E-state index in [4.69, 9.17) is 15.2 Å². The Kier molecular flexibility index (Phi) is 3.26. The zero-order valence-electron chi connectivity index (χ0n) is 10.8. The molecule has 3 rings (SSSR count). The number of fused-ring (bicyclic) bond motifs is 1. The summed E-state index contributed by atoms with van der Waals surface area (Å²) in [5.41, 5.74) is 7.78. The first-order valence-electron chi connectivity index (χ1n) is 6.26. The molecule has 2 aromatic carbocycles. The number of amides is 1. The number of benzene rings is 2. The van der Waals surface area contributed by atoms with E-state index < -0.39 is 0 Å². The van der Waals surface area contributed by atoms with Gasteiger partial charge in [0.25, 0.3) is 5.91 Å². The van der Waals surface area contributed by atoms with Gasteiger partial charge in [-0.05, 0) is 35.9 Å². The molecule has 0 unspecified atom stereocenters. The lowest BCUT2D eigenvalue weighted by Gasteiger charge is -2.07. The van der Waals surface area contributed by atoms with E-state index in [0.29, 0.717) is 23.6 Å². The van der Waals surface area contributed by atoms with E-state index in [-0.39, 0.29) is 12.7 Å². The molecule has 0 spiro atoms. The predicted octanol–water partition coefficient (Wildman–Crippen LogP) is 2.13. The normalized spacial score (nSPS) is 12.2. The van der Waals surface area contributed by atoms with Crippen LogP contribution < -0.4 is 20.5 Å². The Morgan fingerprint density at radius 3 is 2.85 bits per heavy atom. The van der Waals surface area contributed by atoms with Gasteiger partial charge in [-0.25, -0.2) is 0 Å². The standard InChI is InChI=1S/C15H14N2O3/c16-8-10-2-1-3-12(6-10)17-15(18)11-4-5-13-14(7-11)20-9-19-13/h1-7H,8-9,16H2,(H,17,18). The van der Waals surface area contributed by atoms with Gasteiger partial charge in [-0.3, -0.25) is 4.79 Å². The molecule has 1 aliphatic rings. The molecule has 0 bridgehead atoms. The van der Waals surface area contributed by atoms with E-state index in [0.717, 1.165) is 11.3 Å². The Labute approximate surface area is 116 Å². The fraction of sp³-hybridized carbons (Fsp3) is 0.133. The van der Waals surface area contributed by atoms with Gasteiger partial charge in [0.15, 0.2) is 11.5 Å². The van der Waals surface area contributed by atoms with E-state index in [1.807, 2.05) is 24.3 Å². The number of anilines is 1. The topological polar surface area (TPSA) is 73.6 Å². The Hall–Kier alpha value is -2.53. The predicted molar refractivity (Wildman–Crippen MR) is 74.9 cm³/mol. The average molecular weight is 270 g/mol. The molecule has 0 aliphatic carbocycles. The fourth-order valence-electron chi connectivity index (χ4n) is 2.02. The second-order valence-corrected chi connectivity index (χ2v) is 4.43. The summed E-state index contributed by atoms with van der Waals surface area (Å²) < 4.78 is 10.5. The Bertz CT molecular complexity index is 655. The van der Waals surface area contributed by atoms with Crippen LogP contribution in [0.15, 0.2) is 42.5 Å². The summed E-state index contributed by atoms with van der Waals surface area (Å²) in [5.74, 6) is 1.05. The van der Waals surface area contributed by atoms with Crippen LogP contribution in [0, 0.1) is 0 Å². The molecule has 1 heterocycles. The lowest BCUT2D eigenvalue weighted by atomic mass is 10.1. The minimum atomic E-state index is -0.197. The number of hydrogen-bond acceptors (Lipinski definition) is 4. The SMILES string of the molecule is NCc1cccc(NC(=O)c2ccc3c(c2)OCO3)c1. The maximum Gasteiger partial charge on any atom is 0.255 e. The zero-order valence-corrected chi connectivity index (χ0v) is 10.8. The molecule has 1 amide bonds. The lowest BCUT2D eigenvalue weighted by molar-refractivity contribution is 0.102. The van der Waals surface area contributed by atoms with Gasteiger partial charge >= 0.3 is 0 Å². The van der Waals surface area contributed by atoms with Crippen LogP contribution in [-0.4, -0.2) is 12.7 Å². The van der Waals surface area contributed by atoms with Crippen LogP contribution in [-0.2, 0) is 6.54 Å². The molecule has 1 aliphatic heterocycles. The van der Waals surface area contributed by atoms with Crippen LogP contribution in [0.25, 0.3) is 0 Å². The third-order valence-corrected chi connectivity index (χ3v) is 3.06. The van der Waals surface area contributed by atoms with E-state index >= 15 is 0 Å². The third-order valence-electron chi connectivity index (χ3n) is 3.06. The first kappa shape index (κ1) is 12.5. The maximum absolute atomic E-state index is 12.2. The van der Waals surface area contributed by atoms with E-state index in [9.17, 15) is 4.79 Å². The summed E-state index contributed by atoms with van der Waals surface area (Å²) in [4.78, 5) is 12.2. The second kappa shape index (κ2) is 5.22. The second-order valence-electron chi connectivity index (χ2n) is 4.43. The van der Waals surface area contributed by atoms with E-state index in [2.05, 4.69) is 5.32 Å². The Morgan fingerprint density at radius 1 is 1.15 bits per heavy atom. The number of rotatable bonds is 3. The van der Waals surface area contributed by atoms with Crippen LogP contribution in [0.4, 0.5) is 5.69 Å². The highest BCUT2D eigenvalue weighted by atomic mass is 16.7. The summed E-state index contributed by atoms with van der Waals surface area (Å²) in [6.45, 7) is 0.632. The van der Waals surface area contributed by atoms with Gasteiger partial charge in [-0.1, -0.05) is 12.1 Å². The Morgan fingerprint density at radius 2 is 2.00 bits per heavy atom. The molecule has 0 saturated carbocycles. The quantitative estimate of drug-likeness (QED) is 0.896. The number of nitrogens with one attached hydrogen (secondary N) is 1. The summed E-state index contributed by atoms with van der Waals surface area (Å²) in [6.07, 6.45) is 0. The van der Waals surface area contributed by atoms with Crippen molar-refractivity contribution < 1.29 is 14.3 Å². The summed E-state index contributed by atoms with van der Waals surface area (Å²) in [6, 6.07) is 12.6. The largest absolute Gasteiger partial charge is 0.454 e. The van der Waals surface area contributed by atoms with Crippen molar-refractivity contribution in [2.45, 2.75) is 6.54 Å². The minimum Gasteiger partial charge on any atom is -0.454 e.